The molecule has 138 valence electrons. The molecule has 0 bridgehead atoms. The second-order valence-electron chi connectivity index (χ2n) is 4.72. The van der Waals surface area contributed by atoms with Crippen molar-refractivity contribution in [2.45, 2.75) is 4.90 Å². The third-order valence-electron chi connectivity index (χ3n) is 3.08. The zero-order valence-electron chi connectivity index (χ0n) is 14.4. The predicted octanol–water partition coefficient (Wildman–Crippen LogP) is 1.70. The number of esters is 1. The van der Waals surface area contributed by atoms with E-state index in [1.165, 1.54) is 27.4 Å². The Morgan fingerprint density at radius 3 is 2.12 bits per heavy atom. The molecule has 0 amide bonds. The molecule has 0 radical (unpaired) electrons. The number of nitrogens with zero attached hydrogens (tertiary/aromatic N) is 1. The van der Waals surface area contributed by atoms with Crippen LogP contribution in [0.4, 0.5) is 0 Å². The molecule has 26 heavy (non-hydrogen) atoms. The molecule has 8 nitrogen and oxygen atoms in total. The van der Waals surface area contributed by atoms with Crippen LogP contribution < -0.4 is 14.6 Å². The maximum absolute atomic E-state index is 11.3. The van der Waals surface area contributed by atoms with Gasteiger partial charge in [0.1, 0.15) is 4.90 Å². The summed E-state index contributed by atoms with van der Waals surface area (Å²) in [6.07, 6.45) is 0. The normalized spacial score (nSPS) is 9.96. The molecule has 0 aromatic heterocycles. The van der Waals surface area contributed by atoms with Gasteiger partial charge in [0.05, 0.1) is 38.5 Å². The van der Waals surface area contributed by atoms with Crippen LogP contribution in [-0.2, 0) is 14.8 Å². The lowest BCUT2D eigenvalue weighted by Crippen LogP contribution is -2.14. The van der Waals surface area contributed by atoms with Crippen LogP contribution in [0.15, 0.2) is 47.4 Å². The zero-order chi connectivity index (χ0) is 19.7. The summed E-state index contributed by atoms with van der Waals surface area (Å²) in [4.78, 5) is 10.5. The number of nitrogens with two attached hydrogens (primary N) is 1. The Balaban J connectivity index is 0.000000289. The molecule has 2 aromatic carbocycles. The minimum absolute atomic E-state index is 0.0102. The number of hydrogen-bond acceptors (Lipinski definition) is 7. The number of sulfonamides is 1. The lowest BCUT2D eigenvalue weighted by Gasteiger charge is -2.11. The average molecular weight is 378 g/mol. The Bertz CT molecular complexity index is 905. The number of ether oxygens (including phenoxy) is 3. The third-order valence-corrected chi connectivity index (χ3v) is 3.99. The topological polar surface area (TPSA) is 129 Å². The molecule has 0 fully saturated rings. The van der Waals surface area contributed by atoms with Crippen LogP contribution in [0.3, 0.4) is 0 Å². The average Bonchev–Trinajstić information content (AvgIpc) is 2.66. The summed E-state index contributed by atoms with van der Waals surface area (Å²) in [7, 11) is 0.0330. The maximum atomic E-state index is 11.3. The van der Waals surface area contributed by atoms with Crippen LogP contribution in [0.2, 0.25) is 0 Å². The number of primary sulfonamides is 1. The first-order valence-corrected chi connectivity index (χ1v) is 8.65. The number of rotatable bonds is 4. The molecular formula is C17H18N2O6S. The first-order valence-electron chi connectivity index (χ1n) is 7.10. The zero-order valence-corrected chi connectivity index (χ0v) is 15.2. The van der Waals surface area contributed by atoms with Gasteiger partial charge in [-0.3, -0.25) is 0 Å². The van der Waals surface area contributed by atoms with Crippen molar-refractivity contribution in [1.29, 1.82) is 5.26 Å². The van der Waals surface area contributed by atoms with Crippen LogP contribution in [0.25, 0.3) is 0 Å². The lowest BCUT2D eigenvalue weighted by atomic mass is 10.2. The second-order valence-corrected chi connectivity index (χ2v) is 6.25. The maximum Gasteiger partial charge on any atom is 0.337 e. The van der Waals surface area contributed by atoms with E-state index in [1.54, 1.807) is 24.3 Å². The number of methoxy groups -OCH3 is 3. The molecule has 2 N–H and O–H groups in total. The van der Waals surface area contributed by atoms with Crippen molar-refractivity contribution < 1.29 is 27.4 Å². The first-order chi connectivity index (χ1) is 12.3. The lowest BCUT2D eigenvalue weighted by molar-refractivity contribution is 0.0600. The molecule has 0 heterocycles. The largest absolute Gasteiger partial charge is 0.493 e. The molecule has 2 rings (SSSR count). The molecule has 0 saturated carbocycles. The van der Waals surface area contributed by atoms with E-state index in [1.807, 2.05) is 12.1 Å². The first kappa shape index (κ1) is 21.0. The van der Waals surface area contributed by atoms with E-state index in [0.717, 1.165) is 6.07 Å². The summed E-state index contributed by atoms with van der Waals surface area (Å²) < 4.78 is 36.9. The van der Waals surface area contributed by atoms with Gasteiger partial charge in [-0.1, -0.05) is 18.2 Å². The van der Waals surface area contributed by atoms with Gasteiger partial charge in [0, 0.05) is 6.07 Å². The van der Waals surface area contributed by atoms with Crippen molar-refractivity contribution in [2.24, 2.45) is 5.14 Å². The highest BCUT2D eigenvalue weighted by molar-refractivity contribution is 7.89. The monoisotopic (exact) mass is 378 g/mol. The van der Waals surface area contributed by atoms with Crippen molar-refractivity contribution in [3.05, 3.63) is 53.6 Å². The van der Waals surface area contributed by atoms with Gasteiger partial charge in [-0.05, 0) is 18.2 Å². The molecule has 0 aliphatic rings. The molecule has 0 aliphatic carbocycles. The van der Waals surface area contributed by atoms with Gasteiger partial charge in [-0.25, -0.2) is 18.4 Å². The summed E-state index contributed by atoms with van der Waals surface area (Å²) in [5.41, 5.74) is 0.715. The van der Waals surface area contributed by atoms with Crippen molar-refractivity contribution in [1.82, 2.24) is 0 Å². The van der Waals surface area contributed by atoms with Crippen LogP contribution in [0.5, 0.6) is 11.5 Å². The Labute approximate surface area is 151 Å². The van der Waals surface area contributed by atoms with Crippen molar-refractivity contribution in [2.75, 3.05) is 21.3 Å². The molecule has 0 aliphatic heterocycles. The fraction of sp³-hybridized carbons (Fsp3) is 0.176. The molecule has 0 spiro atoms. The third kappa shape index (κ3) is 5.47. The summed E-state index contributed by atoms with van der Waals surface area (Å²) in [5.74, 6) is -0.157. The Hall–Kier alpha value is -3.09. The number of carbonyl (C=O) groups is 1. The van der Waals surface area contributed by atoms with Crippen LogP contribution in [-0.4, -0.2) is 35.7 Å². The second kappa shape index (κ2) is 9.41. The quantitative estimate of drug-likeness (QED) is 0.802. The van der Waals surface area contributed by atoms with Gasteiger partial charge in [0.2, 0.25) is 10.0 Å². The highest BCUT2D eigenvalue weighted by Gasteiger charge is 2.20. The van der Waals surface area contributed by atoms with E-state index in [2.05, 4.69) is 4.74 Å². The summed E-state index contributed by atoms with van der Waals surface area (Å²) in [6.45, 7) is 0. The number of carbonyl (C=O) groups excluding carboxylic acids is 1. The molecule has 0 atom stereocenters. The summed E-state index contributed by atoms with van der Waals surface area (Å²) in [6, 6.07) is 13.2. The van der Waals surface area contributed by atoms with Gasteiger partial charge >= 0.3 is 5.97 Å². The SMILES string of the molecule is COC(=O)c1ccccc1.COc1cc(C#N)cc(S(N)(=O)=O)c1OC. The molecule has 0 saturated heterocycles. The molecular weight excluding hydrogens is 360 g/mol. The van der Waals surface area contributed by atoms with Crippen molar-refractivity contribution >= 4 is 16.0 Å². The molecule has 9 heteroatoms. The van der Waals surface area contributed by atoms with Crippen molar-refractivity contribution in [3.8, 4) is 17.6 Å². The van der Waals surface area contributed by atoms with E-state index in [4.69, 9.17) is 19.9 Å². The number of benzene rings is 2. The van der Waals surface area contributed by atoms with Crippen molar-refractivity contribution in [3.63, 3.8) is 0 Å². The van der Waals surface area contributed by atoms with Gasteiger partial charge in [-0.2, -0.15) is 5.26 Å². The standard InChI is InChI=1S/C9H10N2O4S.C8H8O2/c1-14-7-3-6(5-10)4-8(9(7)15-2)16(11,12)13;1-10-8(9)7-5-3-2-4-6-7/h3-4H,1-2H3,(H2,11,12,13);2-6H,1H3. The number of nitriles is 1. The Morgan fingerprint density at radius 1 is 1.08 bits per heavy atom. The molecule has 2 aromatic rings. The van der Waals surface area contributed by atoms with Gasteiger partial charge in [0.25, 0.3) is 0 Å². The predicted molar refractivity (Wildman–Crippen MR) is 93.4 cm³/mol. The van der Waals surface area contributed by atoms with Crippen LogP contribution in [0, 0.1) is 11.3 Å². The fourth-order valence-corrected chi connectivity index (χ4v) is 2.63. The minimum Gasteiger partial charge on any atom is -0.493 e. The van der Waals surface area contributed by atoms with Crippen LogP contribution in [0.1, 0.15) is 15.9 Å². The molecule has 0 unspecified atom stereocenters. The Morgan fingerprint density at radius 2 is 1.69 bits per heavy atom. The van der Waals surface area contributed by atoms with Gasteiger partial charge < -0.3 is 14.2 Å². The minimum atomic E-state index is -3.97. The fourth-order valence-electron chi connectivity index (χ4n) is 1.90. The van der Waals surface area contributed by atoms with Gasteiger partial charge in [-0.15, -0.1) is 0 Å². The highest BCUT2D eigenvalue weighted by atomic mass is 32.2. The van der Waals surface area contributed by atoms with E-state index in [9.17, 15) is 13.2 Å². The summed E-state index contributed by atoms with van der Waals surface area (Å²) >= 11 is 0. The number of hydrogen-bond donors (Lipinski definition) is 1. The van der Waals surface area contributed by atoms with E-state index >= 15 is 0 Å². The highest BCUT2D eigenvalue weighted by Crippen LogP contribution is 2.34. The smallest absolute Gasteiger partial charge is 0.337 e. The van der Waals surface area contributed by atoms with E-state index < -0.39 is 10.0 Å². The van der Waals surface area contributed by atoms with E-state index in [-0.39, 0.29) is 27.9 Å². The van der Waals surface area contributed by atoms with Gasteiger partial charge in [0.15, 0.2) is 11.5 Å². The Kier molecular flexibility index (Phi) is 7.58. The van der Waals surface area contributed by atoms with E-state index in [0.29, 0.717) is 5.56 Å². The summed E-state index contributed by atoms with van der Waals surface area (Å²) in [5, 5.41) is 13.7. The van der Waals surface area contributed by atoms with Crippen LogP contribution >= 0.6 is 0 Å².